The molecule has 0 amide bonds. The van der Waals surface area contributed by atoms with E-state index in [2.05, 4.69) is 9.97 Å². The molecular formula is C11H11N3O4. The minimum absolute atomic E-state index is 0.00956. The Hall–Kier alpha value is -2.57. The highest BCUT2D eigenvalue weighted by atomic mass is 16.5. The van der Waals surface area contributed by atoms with Gasteiger partial charge in [-0.15, -0.1) is 0 Å². The fourth-order valence-electron chi connectivity index (χ4n) is 1.59. The Bertz CT molecular complexity index is 632. The number of anilines is 1. The number of carboxylic acids is 1. The van der Waals surface area contributed by atoms with E-state index in [1.54, 1.807) is 6.07 Å². The number of aromatic carboxylic acids is 1. The largest absolute Gasteiger partial charge is 0.478 e. The summed E-state index contributed by atoms with van der Waals surface area (Å²) in [7, 11) is 0. The molecule has 18 heavy (non-hydrogen) atoms. The molecule has 4 N–H and O–H groups in total. The van der Waals surface area contributed by atoms with E-state index >= 15 is 0 Å². The number of benzene rings is 1. The van der Waals surface area contributed by atoms with E-state index in [1.165, 1.54) is 13.0 Å². The highest BCUT2D eigenvalue weighted by Gasteiger charge is 2.14. The zero-order valence-electron chi connectivity index (χ0n) is 9.56. The number of fused-ring (bicyclic) bond motifs is 1. The highest BCUT2D eigenvalue weighted by Crippen LogP contribution is 2.21. The highest BCUT2D eigenvalue weighted by molar-refractivity contribution is 6.02. The number of nitrogens with two attached hydrogens (primary N) is 1. The Labute approximate surface area is 102 Å². The minimum Gasteiger partial charge on any atom is -0.478 e. The van der Waals surface area contributed by atoms with Crippen LogP contribution >= 0.6 is 0 Å². The summed E-state index contributed by atoms with van der Waals surface area (Å²) in [4.78, 5) is 28.7. The van der Waals surface area contributed by atoms with Crippen molar-refractivity contribution >= 4 is 28.7 Å². The molecule has 0 aliphatic rings. The van der Waals surface area contributed by atoms with Gasteiger partial charge in [0, 0.05) is 12.6 Å². The van der Waals surface area contributed by atoms with Crippen molar-refractivity contribution in [2.75, 3.05) is 5.73 Å². The maximum atomic E-state index is 11.0. The molecule has 0 fully saturated rings. The second-order valence-electron chi connectivity index (χ2n) is 3.73. The number of imidazole rings is 1. The van der Waals surface area contributed by atoms with Crippen molar-refractivity contribution in [1.82, 2.24) is 9.97 Å². The molecule has 0 spiro atoms. The molecule has 2 aromatic rings. The van der Waals surface area contributed by atoms with Crippen LogP contribution < -0.4 is 5.73 Å². The van der Waals surface area contributed by atoms with Crippen molar-refractivity contribution in [2.24, 2.45) is 0 Å². The third-order valence-corrected chi connectivity index (χ3v) is 2.30. The molecule has 1 heterocycles. The summed E-state index contributed by atoms with van der Waals surface area (Å²) < 4.78 is 4.78. The number of ether oxygens (including phenoxy) is 1. The smallest absolute Gasteiger partial charge is 0.338 e. The number of hydrogen-bond acceptors (Lipinski definition) is 5. The fraction of sp³-hybridized carbons (Fsp3) is 0.182. The lowest BCUT2D eigenvalue weighted by Crippen LogP contribution is -2.00. The number of esters is 1. The predicted molar refractivity (Wildman–Crippen MR) is 62.9 cm³/mol. The number of nitrogens with one attached hydrogen (secondary N) is 1. The van der Waals surface area contributed by atoms with Gasteiger partial charge in [-0.25, -0.2) is 9.78 Å². The Morgan fingerprint density at radius 2 is 2.22 bits per heavy atom. The Balaban J connectivity index is 2.46. The van der Waals surface area contributed by atoms with Crippen LogP contribution in [-0.2, 0) is 16.1 Å². The molecular weight excluding hydrogens is 238 g/mol. The summed E-state index contributed by atoms with van der Waals surface area (Å²) in [6.07, 6.45) is 0. The van der Waals surface area contributed by atoms with Gasteiger partial charge in [-0.3, -0.25) is 4.79 Å². The van der Waals surface area contributed by atoms with Gasteiger partial charge in [0.15, 0.2) is 0 Å². The summed E-state index contributed by atoms with van der Waals surface area (Å²) in [5.74, 6) is -1.18. The van der Waals surface area contributed by atoms with Crippen LogP contribution in [-0.4, -0.2) is 27.0 Å². The second-order valence-corrected chi connectivity index (χ2v) is 3.73. The van der Waals surface area contributed by atoms with Crippen molar-refractivity contribution in [3.8, 4) is 0 Å². The molecule has 0 aliphatic heterocycles. The van der Waals surface area contributed by atoms with Gasteiger partial charge in [0.25, 0.3) is 0 Å². The lowest BCUT2D eigenvalue weighted by atomic mass is 10.1. The molecule has 94 valence electrons. The van der Waals surface area contributed by atoms with E-state index in [0.29, 0.717) is 22.5 Å². The summed E-state index contributed by atoms with van der Waals surface area (Å²) in [5, 5.41) is 9.04. The molecule has 0 bridgehead atoms. The van der Waals surface area contributed by atoms with Crippen molar-refractivity contribution in [3.05, 3.63) is 23.5 Å². The normalized spacial score (nSPS) is 10.5. The van der Waals surface area contributed by atoms with Gasteiger partial charge in [-0.05, 0) is 12.1 Å². The zero-order valence-corrected chi connectivity index (χ0v) is 9.56. The molecule has 0 saturated carbocycles. The molecule has 2 rings (SSSR count). The zero-order chi connectivity index (χ0) is 13.3. The first-order valence-corrected chi connectivity index (χ1v) is 5.12. The van der Waals surface area contributed by atoms with E-state index in [-0.39, 0.29) is 12.2 Å². The van der Waals surface area contributed by atoms with Crippen molar-refractivity contribution in [1.29, 1.82) is 0 Å². The van der Waals surface area contributed by atoms with E-state index < -0.39 is 11.9 Å². The summed E-state index contributed by atoms with van der Waals surface area (Å²) >= 11 is 0. The standard InChI is InChI=1S/C11H11N3O4/c1-5(15)18-4-9-13-8-3-6(12)2-7(11(16)17)10(8)14-9/h2-3H,4,12H2,1H3,(H,13,14)(H,16,17). The van der Waals surface area contributed by atoms with E-state index in [1.807, 2.05) is 0 Å². The summed E-state index contributed by atoms with van der Waals surface area (Å²) in [6.45, 7) is 1.24. The quantitative estimate of drug-likeness (QED) is 0.549. The molecule has 7 heteroatoms. The Kier molecular flexibility index (Phi) is 2.88. The number of carboxylic acid groups (broad SMARTS) is 1. The molecule has 0 atom stereocenters. The number of aromatic nitrogens is 2. The number of nitrogen functional groups attached to an aromatic ring is 1. The number of hydrogen-bond donors (Lipinski definition) is 3. The average molecular weight is 249 g/mol. The van der Waals surface area contributed by atoms with Crippen LogP contribution in [0, 0.1) is 0 Å². The third kappa shape index (κ3) is 2.24. The summed E-state index contributed by atoms with van der Waals surface area (Å²) in [5.41, 5.74) is 6.71. The van der Waals surface area contributed by atoms with Gasteiger partial charge >= 0.3 is 11.9 Å². The topological polar surface area (TPSA) is 118 Å². The molecule has 0 saturated heterocycles. The first-order chi connectivity index (χ1) is 8.47. The SMILES string of the molecule is CC(=O)OCc1nc2c(C(=O)O)cc(N)cc2[nH]1. The van der Waals surface area contributed by atoms with Gasteiger partial charge in [-0.2, -0.15) is 0 Å². The first kappa shape index (κ1) is 11.9. The number of aromatic amines is 1. The lowest BCUT2D eigenvalue weighted by Gasteiger charge is -1.97. The molecule has 1 aromatic heterocycles. The number of H-pyrrole nitrogens is 1. The Morgan fingerprint density at radius 3 is 2.83 bits per heavy atom. The maximum Gasteiger partial charge on any atom is 0.338 e. The van der Waals surface area contributed by atoms with Gasteiger partial charge < -0.3 is 20.6 Å². The third-order valence-electron chi connectivity index (χ3n) is 2.30. The van der Waals surface area contributed by atoms with Gasteiger partial charge in [0.05, 0.1) is 11.1 Å². The predicted octanol–water partition coefficient (Wildman–Crippen LogP) is 0.906. The molecule has 0 unspecified atom stereocenters. The van der Waals surface area contributed by atoms with Gasteiger partial charge in [0.2, 0.25) is 0 Å². The van der Waals surface area contributed by atoms with Crippen molar-refractivity contribution in [3.63, 3.8) is 0 Å². The molecule has 0 radical (unpaired) electrons. The number of nitrogens with zero attached hydrogens (tertiary/aromatic N) is 1. The van der Waals surface area contributed by atoms with Crippen molar-refractivity contribution < 1.29 is 19.4 Å². The second kappa shape index (κ2) is 4.36. The monoisotopic (exact) mass is 249 g/mol. The Morgan fingerprint density at radius 1 is 1.50 bits per heavy atom. The van der Waals surface area contributed by atoms with Crippen LogP contribution in [0.25, 0.3) is 11.0 Å². The van der Waals surface area contributed by atoms with E-state index in [0.717, 1.165) is 0 Å². The number of carbonyl (C=O) groups excluding carboxylic acids is 1. The lowest BCUT2D eigenvalue weighted by molar-refractivity contribution is -0.142. The number of rotatable bonds is 3. The number of carbonyl (C=O) groups is 2. The van der Waals surface area contributed by atoms with E-state index in [9.17, 15) is 9.59 Å². The van der Waals surface area contributed by atoms with Crippen LogP contribution in [0.2, 0.25) is 0 Å². The van der Waals surface area contributed by atoms with Crippen molar-refractivity contribution in [2.45, 2.75) is 13.5 Å². The summed E-state index contributed by atoms with van der Waals surface area (Å²) in [6, 6.07) is 2.91. The minimum atomic E-state index is -1.11. The average Bonchev–Trinajstić information content (AvgIpc) is 2.67. The molecule has 1 aromatic carbocycles. The van der Waals surface area contributed by atoms with Crippen LogP contribution in [0.1, 0.15) is 23.1 Å². The first-order valence-electron chi connectivity index (χ1n) is 5.12. The maximum absolute atomic E-state index is 11.0. The van der Waals surface area contributed by atoms with Gasteiger partial charge in [-0.1, -0.05) is 0 Å². The fourth-order valence-corrected chi connectivity index (χ4v) is 1.59. The van der Waals surface area contributed by atoms with Gasteiger partial charge in [0.1, 0.15) is 17.9 Å². The van der Waals surface area contributed by atoms with E-state index in [4.69, 9.17) is 15.6 Å². The van der Waals surface area contributed by atoms with Crippen LogP contribution in [0.15, 0.2) is 12.1 Å². The van der Waals surface area contributed by atoms with Crippen LogP contribution in [0.5, 0.6) is 0 Å². The van der Waals surface area contributed by atoms with Crippen LogP contribution in [0.4, 0.5) is 5.69 Å². The van der Waals surface area contributed by atoms with Crippen LogP contribution in [0.3, 0.4) is 0 Å². The molecule has 7 nitrogen and oxygen atoms in total. The molecule has 0 aliphatic carbocycles.